The van der Waals surface area contributed by atoms with Gasteiger partial charge in [-0.15, -0.1) is 11.3 Å². The molecule has 8 nitrogen and oxygen atoms in total. The number of aryl methyl sites for hydroxylation is 1. The highest BCUT2D eigenvalue weighted by Crippen LogP contribution is 2.32. The molecule has 0 aliphatic rings. The molecule has 0 aliphatic carbocycles. The van der Waals surface area contributed by atoms with Crippen LogP contribution in [0.25, 0.3) is 0 Å². The molecule has 2 amide bonds. The Kier molecular flexibility index (Phi) is 9.62. The van der Waals surface area contributed by atoms with Crippen molar-refractivity contribution in [3.8, 4) is 11.5 Å². The number of phenols is 1. The minimum absolute atomic E-state index is 0.0287. The lowest BCUT2D eigenvalue weighted by molar-refractivity contribution is 0.0785. The summed E-state index contributed by atoms with van der Waals surface area (Å²) < 4.78 is 5.28. The molecule has 1 atom stereocenters. The van der Waals surface area contributed by atoms with Crippen LogP contribution in [0.15, 0.2) is 66.0 Å². The molecule has 0 aliphatic heterocycles. The van der Waals surface area contributed by atoms with Crippen LogP contribution in [0.3, 0.4) is 0 Å². The zero-order valence-corrected chi connectivity index (χ0v) is 24.8. The molecule has 4 rings (SSSR count). The standard InChI is InChI=1S/C32H35N4O4S/c1-6-22(3)36(26-13-14-28(29(37)17-26)33-18-23-9-7-12-27(15-23)40-5)32(39)25-11-8-10-24(16-25)31(38)35(4)19-30-34-21(2)20-41-30/h7,9-17,20,22,33,37H,6,18-19H2,1-5H3. The fraction of sp³-hybridized carbons (Fsp3) is 0.281. The fourth-order valence-electron chi connectivity index (χ4n) is 4.38. The van der Waals surface area contributed by atoms with Crippen LogP contribution >= 0.6 is 11.3 Å². The predicted octanol–water partition coefficient (Wildman–Crippen LogP) is 6.30. The predicted molar refractivity (Wildman–Crippen MR) is 163 cm³/mol. The Bertz CT molecular complexity index is 1520. The van der Waals surface area contributed by atoms with E-state index in [-0.39, 0.29) is 23.6 Å². The third kappa shape index (κ3) is 7.24. The van der Waals surface area contributed by atoms with Gasteiger partial charge in [0.2, 0.25) is 0 Å². The number of ether oxygens (including phenoxy) is 1. The van der Waals surface area contributed by atoms with E-state index in [1.165, 1.54) is 11.3 Å². The summed E-state index contributed by atoms with van der Waals surface area (Å²) >= 11 is 1.51. The number of anilines is 2. The molecule has 3 aromatic carbocycles. The van der Waals surface area contributed by atoms with E-state index in [1.807, 2.05) is 50.4 Å². The number of aromatic nitrogens is 1. The molecule has 1 aromatic heterocycles. The summed E-state index contributed by atoms with van der Waals surface area (Å²) in [5.74, 6) is 0.291. The van der Waals surface area contributed by atoms with Gasteiger partial charge in [-0.3, -0.25) is 9.59 Å². The van der Waals surface area contributed by atoms with Gasteiger partial charge in [-0.25, -0.2) is 4.98 Å². The molecular weight excluding hydrogens is 536 g/mol. The van der Waals surface area contributed by atoms with Crippen LogP contribution in [0.1, 0.15) is 57.2 Å². The van der Waals surface area contributed by atoms with E-state index in [9.17, 15) is 14.7 Å². The molecular formula is C32H35N4O4S. The maximum Gasteiger partial charge on any atom is 0.258 e. The SMILES string of the molecule is CCC(C)N(C(=O)c1c[c]cc(C(=O)N(C)Cc2nc(C)cs2)c1)c1ccc(NCc2cccc(OC)c2)c(O)c1. The number of carbonyl (C=O) groups is 2. The van der Waals surface area contributed by atoms with Crippen molar-refractivity contribution < 1.29 is 19.4 Å². The molecule has 9 heteroatoms. The first-order chi connectivity index (χ1) is 19.7. The van der Waals surface area contributed by atoms with Gasteiger partial charge in [-0.05, 0) is 74.4 Å². The van der Waals surface area contributed by atoms with Gasteiger partial charge in [0.1, 0.15) is 16.5 Å². The van der Waals surface area contributed by atoms with Crippen LogP contribution < -0.4 is 15.0 Å². The van der Waals surface area contributed by atoms with Gasteiger partial charge in [0, 0.05) is 53.6 Å². The minimum atomic E-state index is -0.278. The van der Waals surface area contributed by atoms with Crippen LogP contribution in [0.2, 0.25) is 0 Å². The third-order valence-corrected chi connectivity index (χ3v) is 7.75. The van der Waals surface area contributed by atoms with Crippen LogP contribution in [0.5, 0.6) is 11.5 Å². The largest absolute Gasteiger partial charge is 0.506 e. The number of rotatable bonds is 11. The van der Waals surface area contributed by atoms with Gasteiger partial charge >= 0.3 is 0 Å². The first-order valence-electron chi connectivity index (χ1n) is 13.4. The highest BCUT2D eigenvalue weighted by molar-refractivity contribution is 7.09. The van der Waals surface area contributed by atoms with Crippen LogP contribution in [-0.4, -0.2) is 47.0 Å². The minimum Gasteiger partial charge on any atom is -0.506 e. The number of nitrogens with one attached hydrogen (secondary N) is 1. The van der Waals surface area contributed by atoms with Crippen LogP contribution in [0.4, 0.5) is 11.4 Å². The lowest BCUT2D eigenvalue weighted by atomic mass is 10.1. The van der Waals surface area contributed by atoms with Crippen molar-refractivity contribution in [2.75, 3.05) is 24.4 Å². The summed E-state index contributed by atoms with van der Waals surface area (Å²) in [6, 6.07) is 20.4. The number of carbonyl (C=O) groups excluding carboxylic acids is 2. The van der Waals surface area contributed by atoms with Crippen molar-refractivity contribution >= 4 is 34.5 Å². The van der Waals surface area contributed by atoms with Gasteiger partial charge in [-0.1, -0.05) is 19.1 Å². The van der Waals surface area contributed by atoms with Crippen molar-refractivity contribution in [2.45, 2.75) is 46.3 Å². The molecule has 0 fully saturated rings. The highest BCUT2D eigenvalue weighted by Gasteiger charge is 2.25. The van der Waals surface area contributed by atoms with E-state index in [2.05, 4.69) is 16.4 Å². The fourth-order valence-corrected chi connectivity index (χ4v) is 5.21. The molecule has 0 spiro atoms. The Morgan fingerprint density at radius 3 is 2.54 bits per heavy atom. The Hall–Kier alpha value is -4.37. The average Bonchev–Trinajstić information content (AvgIpc) is 3.40. The van der Waals surface area contributed by atoms with Gasteiger partial charge < -0.3 is 25.0 Å². The molecule has 2 N–H and O–H groups in total. The van der Waals surface area contributed by atoms with E-state index in [0.717, 1.165) is 22.0 Å². The van der Waals surface area contributed by atoms with Crippen molar-refractivity contribution in [3.05, 3.63) is 99.5 Å². The van der Waals surface area contributed by atoms with Gasteiger partial charge in [0.15, 0.2) is 0 Å². The lowest BCUT2D eigenvalue weighted by Gasteiger charge is -2.29. The number of phenolic OH excluding ortho intramolecular Hbond substituents is 1. The van der Waals surface area contributed by atoms with Crippen molar-refractivity contribution in [1.82, 2.24) is 9.88 Å². The second-order valence-electron chi connectivity index (χ2n) is 9.89. The molecule has 1 heterocycles. The van der Waals surface area contributed by atoms with E-state index < -0.39 is 0 Å². The Balaban J connectivity index is 1.52. The van der Waals surface area contributed by atoms with E-state index >= 15 is 0 Å². The Labute approximate surface area is 245 Å². The van der Waals surface area contributed by atoms with E-state index in [1.54, 1.807) is 60.4 Å². The quantitative estimate of drug-likeness (QED) is 0.205. The first kappa shape index (κ1) is 29.6. The monoisotopic (exact) mass is 571 g/mol. The highest BCUT2D eigenvalue weighted by atomic mass is 32.1. The summed E-state index contributed by atoms with van der Waals surface area (Å²) in [4.78, 5) is 34.6. The summed E-state index contributed by atoms with van der Waals surface area (Å²) in [7, 11) is 3.34. The normalized spacial score (nSPS) is 11.5. The average molecular weight is 572 g/mol. The van der Waals surface area contributed by atoms with Gasteiger partial charge in [0.25, 0.3) is 11.8 Å². The summed E-state index contributed by atoms with van der Waals surface area (Å²) in [6.07, 6.45) is 0.695. The summed E-state index contributed by atoms with van der Waals surface area (Å²) in [5, 5.41) is 16.9. The number of amides is 2. The van der Waals surface area contributed by atoms with Gasteiger partial charge in [0.05, 0.1) is 19.3 Å². The number of hydrogen-bond acceptors (Lipinski definition) is 7. The second kappa shape index (κ2) is 13.3. The number of hydrogen-bond donors (Lipinski definition) is 2. The number of methoxy groups -OCH3 is 1. The number of thiazole rings is 1. The van der Waals surface area contributed by atoms with Gasteiger partial charge in [-0.2, -0.15) is 0 Å². The summed E-state index contributed by atoms with van der Waals surface area (Å²) in [6.45, 7) is 6.74. The topological polar surface area (TPSA) is 95.0 Å². The van der Waals surface area contributed by atoms with Crippen molar-refractivity contribution in [2.24, 2.45) is 0 Å². The third-order valence-electron chi connectivity index (χ3n) is 6.80. The molecule has 4 aromatic rings. The van der Waals surface area contributed by atoms with E-state index in [4.69, 9.17) is 4.74 Å². The molecule has 41 heavy (non-hydrogen) atoms. The van der Waals surface area contributed by atoms with Crippen LogP contribution in [0, 0.1) is 13.0 Å². The molecule has 0 saturated heterocycles. The maximum atomic E-state index is 13.8. The molecule has 0 bridgehead atoms. The van der Waals surface area contributed by atoms with Crippen molar-refractivity contribution in [1.29, 1.82) is 0 Å². The maximum absolute atomic E-state index is 13.8. The zero-order valence-electron chi connectivity index (χ0n) is 24.0. The molecule has 1 unspecified atom stereocenters. The van der Waals surface area contributed by atoms with Crippen molar-refractivity contribution in [3.63, 3.8) is 0 Å². The second-order valence-corrected chi connectivity index (χ2v) is 10.8. The molecule has 213 valence electrons. The smallest absolute Gasteiger partial charge is 0.258 e. The molecule has 1 radical (unpaired) electrons. The Morgan fingerprint density at radius 2 is 1.88 bits per heavy atom. The molecule has 0 saturated carbocycles. The Morgan fingerprint density at radius 1 is 1.12 bits per heavy atom. The number of nitrogens with zero attached hydrogens (tertiary/aromatic N) is 3. The number of benzene rings is 3. The zero-order chi connectivity index (χ0) is 29.5. The first-order valence-corrected chi connectivity index (χ1v) is 14.3. The lowest BCUT2D eigenvalue weighted by Crippen LogP contribution is -2.38. The van der Waals surface area contributed by atoms with Crippen LogP contribution in [-0.2, 0) is 13.1 Å². The summed E-state index contributed by atoms with van der Waals surface area (Å²) in [5.41, 5.74) is 3.74. The van der Waals surface area contributed by atoms with E-state index in [0.29, 0.717) is 42.0 Å². The number of aromatic hydroxyl groups is 1.